The van der Waals surface area contributed by atoms with Crippen LogP contribution in [0.15, 0.2) is 0 Å². The van der Waals surface area contributed by atoms with Gasteiger partial charge in [-0.15, -0.1) is 0 Å². The number of carbonyl (C=O) groups is 2. The van der Waals surface area contributed by atoms with E-state index in [4.69, 9.17) is 5.11 Å². The van der Waals surface area contributed by atoms with Crippen LogP contribution in [0.5, 0.6) is 0 Å². The van der Waals surface area contributed by atoms with Gasteiger partial charge < -0.3 is 15.3 Å². The molecule has 0 spiro atoms. The molecular weight excluding hydrogens is 229 g/mol. The number of hydrogen-bond acceptors (Lipinski definition) is 3. The predicted octanol–water partition coefficient (Wildman–Crippen LogP) is 0.0714. The number of alkyl halides is 3. The summed E-state index contributed by atoms with van der Waals surface area (Å²) in [7, 11) is 1.54. The summed E-state index contributed by atoms with van der Waals surface area (Å²) in [5.74, 6) is -2.31. The molecule has 0 fully saturated rings. The quantitative estimate of drug-likeness (QED) is 0.691. The number of nitrogens with zero attached hydrogens (tertiary/aromatic N) is 1. The summed E-state index contributed by atoms with van der Waals surface area (Å²) in [5, 5.41) is 11.0. The Kier molecular flexibility index (Phi) is 5.79. The number of halogens is 3. The molecule has 0 aromatic carbocycles. The van der Waals surface area contributed by atoms with E-state index >= 15 is 0 Å². The fourth-order valence-electron chi connectivity index (χ4n) is 1.00. The van der Waals surface area contributed by atoms with Crippen molar-refractivity contribution >= 4 is 11.9 Å². The molecule has 0 radical (unpaired) electrons. The second-order valence-corrected chi connectivity index (χ2v) is 3.11. The van der Waals surface area contributed by atoms with Gasteiger partial charge in [-0.1, -0.05) is 0 Å². The minimum atomic E-state index is -4.59. The standard InChI is InChI=1S/C8H13F3N2O3/c1-12-3-2-6(14)13(4-7(15)16)5-8(9,10)11/h12H,2-5H2,1H3,(H,15,16). The minimum absolute atomic E-state index is 0.167. The number of carboxylic acid groups (broad SMARTS) is 1. The predicted molar refractivity (Wildman–Crippen MR) is 48.8 cm³/mol. The zero-order valence-corrected chi connectivity index (χ0v) is 8.67. The lowest BCUT2D eigenvalue weighted by Crippen LogP contribution is -2.42. The SMILES string of the molecule is CNCCC(=O)N(CC(=O)O)CC(F)(F)F. The van der Waals surface area contributed by atoms with Crippen LogP contribution >= 0.6 is 0 Å². The van der Waals surface area contributed by atoms with E-state index in [1.54, 1.807) is 7.05 Å². The van der Waals surface area contributed by atoms with Crippen molar-refractivity contribution in [2.45, 2.75) is 12.6 Å². The lowest BCUT2D eigenvalue weighted by Gasteiger charge is -2.22. The molecule has 0 aromatic heterocycles. The van der Waals surface area contributed by atoms with Gasteiger partial charge >= 0.3 is 12.1 Å². The van der Waals surface area contributed by atoms with Crippen LogP contribution in [0.1, 0.15) is 6.42 Å². The summed E-state index contributed by atoms with van der Waals surface area (Å²) in [4.78, 5) is 21.8. The average molecular weight is 242 g/mol. The van der Waals surface area contributed by atoms with Crippen LogP contribution in [-0.4, -0.2) is 54.7 Å². The number of aliphatic carboxylic acids is 1. The van der Waals surface area contributed by atoms with Crippen LogP contribution in [0.25, 0.3) is 0 Å². The van der Waals surface area contributed by atoms with Crippen molar-refractivity contribution in [2.24, 2.45) is 0 Å². The monoisotopic (exact) mass is 242 g/mol. The lowest BCUT2D eigenvalue weighted by atomic mass is 10.3. The average Bonchev–Trinajstić information content (AvgIpc) is 2.10. The molecular formula is C8H13F3N2O3. The van der Waals surface area contributed by atoms with E-state index in [0.717, 1.165) is 0 Å². The highest BCUT2D eigenvalue weighted by molar-refractivity contribution is 5.81. The first kappa shape index (κ1) is 14.7. The van der Waals surface area contributed by atoms with E-state index in [0.29, 0.717) is 0 Å². The highest BCUT2D eigenvalue weighted by atomic mass is 19.4. The molecule has 0 aliphatic heterocycles. The number of rotatable bonds is 6. The molecule has 0 bridgehead atoms. The van der Waals surface area contributed by atoms with E-state index in [-0.39, 0.29) is 17.9 Å². The Hall–Kier alpha value is -1.31. The largest absolute Gasteiger partial charge is 0.480 e. The van der Waals surface area contributed by atoms with Crippen LogP contribution in [0.2, 0.25) is 0 Å². The van der Waals surface area contributed by atoms with Crippen LogP contribution in [0.4, 0.5) is 13.2 Å². The maximum absolute atomic E-state index is 12.0. The third-order valence-electron chi connectivity index (χ3n) is 1.64. The van der Waals surface area contributed by atoms with E-state index < -0.39 is 31.1 Å². The second kappa shape index (κ2) is 6.31. The zero-order valence-electron chi connectivity index (χ0n) is 8.67. The van der Waals surface area contributed by atoms with Crippen molar-refractivity contribution in [3.8, 4) is 0 Å². The summed E-state index contributed by atoms with van der Waals surface area (Å²) >= 11 is 0. The molecule has 0 heterocycles. The second-order valence-electron chi connectivity index (χ2n) is 3.11. The van der Waals surface area contributed by atoms with E-state index in [1.807, 2.05) is 0 Å². The normalized spacial score (nSPS) is 11.2. The van der Waals surface area contributed by atoms with Gasteiger partial charge in [0.1, 0.15) is 13.1 Å². The molecule has 0 aromatic rings. The Morgan fingerprint density at radius 3 is 2.31 bits per heavy atom. The topological polar surface area (TPSA) is 69.6 Å². The van der Waals surface area contributed by atoms with Gasteiger partial charge in [0, 0.05) is 13.0 Å². The van der Waals surface area contributed by atoms with Gasteiger partial charge in [-0.05, 0) is 7.05 Å². The summed E-state index contributed by atoms with van der Waals surface area (Å²) in [6, 6.07) is 0. The maximum atomic E-state index is 12.0. The Balaban J connectivity index is 4.41. The van der Waals surface area contributed by atoms with Crippen molar-refractivity contribution in [3.05, 3.63) is 0 Å². The fraction of sp³-hybridized carbons (Fsp3) is 0.750. The first-order valence-corrected chi connectivity index (χ1v) is 4.47. The summed E-state index contributed by atoms with van der Waals surface area (Å²) in [6.45, 7) is -2.28. The molecule has 94 valence electrons. The van der Waals surface area contributed by atoms with Gasteiger partial charge in [0.25, 0.3) is 0 Å². The van der Waals surface area contributed by atoms with Crippen LogP contribution in [0.3, 0.4) is 0 Å². The number of nitrogens with one attached hydrogen (secondary N) is 1. The van der Waals surface area contributed by atoms with E-state index in [9.17, 15) is 22.8 Å². The molecule has 0 saturated carbocycles. The molecule has 5 nitrogen and oxygen atoms in total. The van der Waals surface area contributed by atoms with Gasteiger partial charge in [0.05, 0.1) is 0 Å². The lowest BCUT2D eigenvalue weighted by molar-refractivity contribution is -0.165. The van der Waals surface area contributed by atoms with Crippen LogP contribution in [-0.2, 0) is 9.59 Å². The van der Waals surface area contributed by atoms with Gasteiger partial charge in [0.15, 0.2) is 0 Å². The van der Waals surface area contributed by atoms with Crippen molar-refractivity contribution < 1.29 is 27.9 Å². The van der Waals surface area contributed by atoms with Gasteiger partial charge in [-0.2, -0.15) is 13.2 Å². The number of carboxylic acids is 1. The van der Waals surface area contributed by atoms with Crippen LogP contribution in [0, 0.1) is 0 Å². The Morgan fingerprint density at radius 1 is 1.38 bits per heavy atom. The van der Waals surface area contributed by atoms with Gasteiger partial charge in [-0.3, -0.25) is 9.59 Å². The first-order chi connectivity index (χ1) is 7.26. The maximum Gasteiger partial charge on any atom is 0.406 e. The minimum Gasteiger partial charge on any atom is -0.480 e. The van der Waals surface area contributed by atoms with Crippen molar-refractivity contribution in [1.29, 1.82) is 0 Å². The molecule has 0 rings (SSSR count). The Morgan fingerprint density at radius 2 is 1.94 bits per heavy atom. The number of amides is 1. The summed E-state index contributed by atoms with van der Waals surface area (Å²) < 4.78 is 36.1. The van der Waals surface area contributed by atoms with Crippen molar-refractivity contribution in [3.63, 3.8) is 0 Å². The smallest absolute Gasteiger partial charge is 0.406 e. The highest BCUT2D eigenvalue weighted by Crippen LogP contribution is 2.16. The molecule has 0 saturated heterocycles. The van der Waals surface area contributed by atoms with Gasteiger partial charge in [0.2, 0.25) is 5.91 Å². The molecule has 1 amide bonds. The third kappa shape index (κ3) is 7.04. The molecule has 16 heavy (non-hydrogen) atoms. The molecule has 0 unspecified atom stereocenters. The van der Waals surface area contributed by atoms with Gasteiger partial charge in [-0.25, -0.2) is 0 Å². The molecule has 8 heteroatoms. The zero-order chi connectivity index (χ0) is 12.8. The number of hydrogen-bond donors (Lipinski definition) is 2. The van der Waals surface area contributed by atoms with Crippen LogP contribution < -0.4 is 5.32 Å². The molecule has 2 N–H and O–H groups in total. The number of carbonyl (C=O) groups excluding carboxylic acids is 1. The van der Waals surface area contributed by atoms with Crippen molar-refractivity contribution in [1.82, 2.24) is 10.2 Å². The highest BCUT2D eigenvalue weighted by Gasteiger charge is 2.33. The fourth-order valence-corrected chi connectivity index (χ4v) is 1.00. The molecule has 0 atom stereocenters. The Bertz CT molecular complexity index is 255. The van der Waals surface area contributed by atoms with E-state index in [1.165, 1.54) is 0 Å². The Labute approximate surface area is 90.2 Å². The summed E-state index contributed by atoms with van der Waals surface area (Å²) in [5.41, 5.74) is 0. The molecule has 0 aliphatic carbocycles. The van der Waals surface area contributed by atoms with Crippen molar-refractivity contribution in [2.75, 3.05) is 26.7 Å². The molecule has 0 aliphatic rings. The summed E-state index contributed by atoms with van der Waals surface area (Å²) in [6.07, 6.45) is -4.76. The first-order valence-electron chi connectivity index (χ1n) is 4.47. The van der Waals surface area contributed by atoms with E-state index in [2.05, 4.69) is 5.32 Å². The third-order valence-corrected chi connectivity index (χ3v) is 1.64.